The van der Waals surface area contributed by atoms with Gasteiger partial charge in [0.1, 0.15) is 0 Å². The van der Waals surface area contributed by atoms with Gasteiger partial charge in [-0.15, -0.1) is 0 Å². The first-order chi connectivity index (χ1) is 8.77. The molecule has 0 radical (unpaired) electrons. The fraction of sp³-hybridized carbons (Fsp3) is 1.00. The van der Waals surface area contributed by atoms with Crippen LogP contribution < -0.4 is 0 Å². The normalized spacial score (nSPS) is 24.3. The van der Waals surface area contributed by atoms with Crippen LogP contribution in [0.4, 0.5) is 0 Å². The average molecular weight is 288 g/mol. The number of nitrogens with zero attached hydrogens (tertiary/aromatic N) is 2. The molecule has 0 amide bonds. The molecule has 4 heteroatoms. The summed E-state index contributed by atoms with van der Waals surface area (Å²) in [5, 5.41) is 0. The van der Waals surface area contributed by atoms with E-state index in [1.165, 1.54) is 83.7 Å². The Morgan fingerprint density at radius 2 is 1.28 bits per heavy atom. The van der Waals surface area contributed by atoms with E-state index in [-0.39, 0.29) is 0 Å². The summed E-state index contributed by atoms with van der Waals surface area (Å²) < 4.78 is 5.46. The molecule has 2 rings (SSSR count). The molecule has 18 heavy (non-hydrogen) atoms. The summed E-state index contributed by atoms with van der Waals surface area (Å²) in [4.78, 5) is 0. The molecule has 2 saturated heterocycles. The van der Waals surface area contributed by atoms with Crippen LogP contribution in [0.15, 0.2) is 0 Å². The fourth-order valence-electron chi connectivity index (χ4n) is 3.21. The van der Waals surface area contributed by atoms with E-state index in [9.17, 15) is 0 Å². The number of piperidine rings is 2. The van der Waals surface area contributed by atoms with Crippen molar-refractivity contribution >= 4 is 18.1 Å². The molecular formula is C14H29N2PS. The monoisotopic (exact) mass is 288 g/mol. The molecule has 0 aliphatic carbocycles. The van der Waals surface area contributed by atoms with E-state index in [1.54, 1.807) is 0 Å². The highest BCUT2D eigenvalue weighted by Gasteiger charge is 2.33. The van der Waals surface area contributed by atoms with Crippen LogP contribution >= 0.6 is 6.34 Å². The highest BCUT2D eigenvalue weighted by Crippen LogP contribution is 2.56. The Morgan fingerprint density at radius 3 is 1.67 bits per heavy atom. The highest BCUT2D eigenvalue weighted by molar-refractivity contribution is 8.12. The van der Waals surface area contributed by atoms with Gasteiger partial charge in [0, 0.05) is 32.3 Å². The van der Waals surface area contributed by atoms with Crippen molar-refractivity contribution in [3.63, 3.8) is 0 Å². The average Bonchev–Trinajstić information content (AvgIpc) is 2.46. The quantitative estimate of drug-likeness (QED) is 0.704. The lowest BCUT2D eigenvalue weighted by atomic mass is 10.2. The van der Waals surface area contributed by atoms with E-state index in [2.05, 4.69) is 16.3 Å². The van der Waals surface area contributed by atoms with Gasteiger partial charge >= 0.3 is 0 Å². The number of unbranched alkanes of at least 4 members (excludes halogenated alkanes) is 1. The maximum absolute atomic E-state index is 6.27. The van der Waals surface area contributed by atoms with Crippen molar-refractivity contribution in [2.24, 2.45) is 0 Å². The van der Waals surface area contributed by atoms with Gasteiger partial charge in [-0.05, 0) is 32.1 Å². The Hall–Kier alpha value is 0.570. The van der Waals surface area contributed by atoms with Gasteiger partial charge in [-0.3, -0.25) is 9.34 Å². The first-order valence-electron chi connectivity index (χ1n) is 7.87. The molecule has 2 fully saturated rings. The molecule has 2 heterocycles. The second kappa shape index (κ2) is 7.38. The summed E-state index contributed by atoms with van der Waals surface area (Å²) in [6.45, 7) is 7.40. The second-order valence-corrected chi connectivity index (χ2v) is 10.4. The van der Waals surface area contributed by atoms with Crippen molar-refractivity contribution in [1.29, 1.82) is 0 Å². The van der Waals surface area contributed by atoms with Gasteiger partial charge in [0.25, 0.3) is 0 Å². The van der Waals surface area contributed by atoms with E-state index < -0.39 is 6.34 Å². The Bertz CT molecular complexity index is 262. The van der Waals surface area contributed by atoms with Crippen LogP contribution in [0.25, 0.3) is 0 Å². The third-order valence-corrected chi connectivity index (χ3v) is 9.75. The number of rotatable bonds is 5. The molecule has 2 aliphatic rings. The molecule has 0 aromatic carbocycles. The van der Waals surface area contributed by atoms with Crippen molar-refractivity contribution in [3.05, 3.63) is 0 Å². The molecule has 2 nitrogen and oxygen atoms in total. The molecule has 0 atom stereocenters. The zero-order valence-electron chi connectivity index (χ0n) is 11.9. The third-order valence-electron chi connectivity index (χ3n) is 4.35. The Morgan fingerprint density at radius 1 is 0.833 bits per heavy atom. The topological polar surface area (TPSA) is 6.48 Å². The van der Waals surface area contributed by atoms with E-state index in [1.807, 2.05) is 0 Å². The lowest BCUT2D eigenvalue weighted by Crippen LogP contribution is -2.38. The summed E-state index contributed by atoms with van der Waals surface area (Å²) in [7, 11) is 0. The van der Waals surface area contributed by atoms with Gasteiger partial charge < -0.3 is 0 Å². The number of hydrogen-bond acceptors (Lipinski definition) is 1. The van der Waals surface area contributed by atoms with E-state index in [0.29, 0.717) is 0 Å². The lowest BCUT2D eigenvalue weighted by molar-refractivity contribution is 0.308. The predicted octanol–water partition coefficient (Wildman–Crippen LogP) is 4.07. The molecule has 0 aromatic rings. The van der Waals surface area contributed by atoms with Crippen molar-refractivity contribution in [1.82, 2.24) is 9.34 Å². The zero-order chi connectivity index (χ0) is 12.8. The standard InChI is InChI=1S/C14H29N2PS/c1-2-3-14-17(18,15-10-6-4-7-11-15)16-12-8-5-9-13-16/h2-14H2,1H3. The van der Waals surface area contributed by atoms with Crippen LogP contribution in [-0.4, -0.2) is 41.7 Å². The van der Waals surface area contributed by atoms with Gasteiger partial charge in [-0.2, -0.15) is 0 Å². The third kappa shape index (κ3) is 3.56. The van der Waals surface area contributed by atoms with Crippen molar-refractivity contribution < 1.29 is 0 Å². The lowest BCUT2D eigenvalue weighted by Gasteiger charge is -2.46. The Kier molecular flexibility index (Phi) is 6.14. The van der Waals surface area contributed by atoms with Crippen LogP contribution in [0, 0.1) is 0 Å². The SMILES string of the molecule is CCCCP(=S)(N1CCCCC1)N1CCCCC1. The number of hydrogen-bond donors (Lipinski definition) is 0. The summed E-state index contributed by atoms with van der Waals surface area (Å²) >= 11 is 6.27. The van der Waals surface area contributed by atoms with Gasteiger partial charge in [-0.1, -0.05) is 38.0 Å². The Labute approximate surface area is 118 Å². The molecule has 0 aromatic heterocycles. The maximum atomic E-state index is 6.27. The van der Waals surface area contributed by atoms with E-state index >= 15 is 0 Å². The molecule has 0 unspecified atom stereocenters. The van der Waals surface area contributed by atoms with Crippen LogP contribution in [0.2, 0.25) is 0 Å². The summed E-state index contributed by atoms with van der Waals surface area (Å²) in [6, 6.07) is 0. The Balaban J connectivity index is 2.07. The minimum atomic E-state index is -1.39. The fourth-order valence-corrected chi connectivity index (χ4v) is 8.04. The zero-order valence-corrected chi connectivity index (χ0v) is 13.7. The maximum Gasteiger partial charge on any atom is 0.0775 e. The van der Waals surface area contributed by atoms with E-state index in [4.69, 9.17) is 11.8 Å². The highest BCUT2D eigenvalue weighted by atomic mass is 32.4. The van der Waals surface area contributed by atoms with Crippen LogP contribution in [-0.2, 0) is 11.8 Å². The minimum absolute atomic E-state index is 1.28. The summed E-state index contributed by atoms with van der Waals surface area (Å²) in [5.41, 5.74) is 0. The molecule has 0 N–H and O–H groups in total. The molecule has 0 spiro atoms. The molecule has 0 saturated carbocycles. The van der Waals surface area contributed by atoms with Crippen molar-refractivity contribution in [2.75, 3.05) is 32.3 Å². The van der Waals surface area contributed by atoms with Crippen molar-refractivity contribution in [2.45, 2.75) is 58.3 Å². The van der Waals surface area contributed by atoms with Gasteiger partial charge in [-0.25, -0.2) is 0 Å². The van der Waals surface area contributed by atoms with Crippen molar-refractivity contribution in [3.8, 4) is 0 Å². The molecular weight excluding hydrogens is 259 g/mol. The molecule has 106 valence electrons. The van der Waals surface area contributed by atoms with Gasteiger partial charge in [0.05, 0.1) is 6.34 Å². The molecule has 0 bridgehead atoms. The van der Waals surface area contributed by atoms with Gasteiger partial charge in [0.15, 0.2) is 0 Å². The van der Waals surface area contributed by atoms with Crippen LogP contribution in [0.1, 0.15) is 58.3 Å². The molecule has 2 aliphatic heterocycles. The minimum Gasteiger partial charge on any atom is -0.264 e. The van der Waals surface area contributed by atoms with Crippen LogP contribution in [0.3, 0.4) is 0 Å². The summed E-state index contributed by atoms with van der Waals surface area (Å²) in [6.07, 6.45) is 10.8. The first kappa shape index (κ1) is 15.0. The van der Waals surface area contributed by atoms with Crippen LogP contribution in [0.5, 0.6) is 0 Å². The second-order valence-electron chi connectivity index (χ2n) is 5.77. The largest absolute Gasteiger partial charge is 0.264 e. The predicted molar refractivity (Wildman–Crippen MR) is 84.9 cm³/mol. The summed E-state index contributed by atoms with van der Waals surface area (Å²) in [5.74, 6) is 0. The first-order valence-corrected chi connectivity index (χ1v) is 10.8. The van der Waals surface area contributed by atoms with Gasteiger partial charge in [0.2, 0.25) is 0 Å². The smallest absolute Gasteiger partial charge is 0.0775 e. The van der Waals surface area contributed by atoms with E-state index in [0.717, 1.165) is 0 Å².